The predicted molar refractivity (Wildman–Crippen MR) is 130 cm³/mol. The van der Waals surface area contributed by atoms with Crippen LogP contribution in [0.1, 0.15) is 62.4 Å². The second-order valence-corrected chi connectivity index (χ2v) is 13.3. The highest BCUT2D eigenvalue weighted by atomic mass is 35.5. The molecule has 1 saturated heterocycles. The van der Waals surface area contributed by atoms with Gasteiger partial charge in [0.25, 0.3) is 0 Å². The van der Waals surface area contributed by atoms with Crippen molar-refractivity contribution in [1.29, 1.82) is 0 Å². The Morgan fingerprint density at radius 2 is 1.82 bits per heavy atom. The molecule has 0 amide bonds. The number of halogens is 1. The van der Waals surface area contributed by atoms with Crippen LogP contribution < -0.4 is 10.2 Å². The van der Waals surface area contributed by atoms with Crippen molar-refractivity contribution in [2.24, 2.45) is 11.8 Å². The highest BCUT2D eigenvalue weighted by molar-refractivity contribution is 7.87. The van der Waals surface area contributed by atoms with Gasteiger partial charge in [0.1, 0.15) is 16.5 Å². The standard InChI is InChI=1S/C24H29ClN6O2S/c25-17-9-26-20(27-10-17)14-6-15-11-31(12-16(15)7-14)22-28-18-8-24(4-5-24)34(33)19(18)21(29-22)30-23(13-32)2-1-3-23/h9-10,14-16,32H,1-8,11-13H2,(H,28,29,30)/t14?,15?,16?,34-/m0/s1. The average molecular weight is 501 g/mol. The zero-order valence-corrected chi connectivity index (χ0v) is 20.6. The van der Waals surface area contributed by atoms with Gasteiger partial charge in [-0.1, -0.05) is 11.6 Å². The van der Waals surface area contributed by atoms with Crippen molar-refractivity contribution in [2.75, 3.05) is 29.9 Å². The monoisotopic (exact) mass is 500 g/mol. The molecule has 7 rings (SSSR count). The molecule has 0 bridgehead atoms. The lowest BCUT2D eigenvalue weighted by atomic mass is 9.77. The quantitative estimate of drug-likeness (QED) is 0.645. The van der Waals surface area contributed by atoms with E-state index in [1.807, 2.05) is 0 Å². The first kappa shape index (κ1) is 21.4. The molecule has 0 aromatic carbocycles. The second-order valence-electron chi connectivity index (χ2n) is 11.0. The summed E-state index contributed by atoms with van der Waals surface area (Å²) in [6.45, 7) is 1.92. The molecule has 0 radical (unpaired) electrons. The van der Waals surface area contributed by atoms with E-state index in [0.717, 1.165) is 86.8 Å². The van der Waals surface area contributed by atoms with E-state index in [2.05, 4.69) is 20.2 Å². The number of nitrogens with zero attached hydrogens (tertiary/aromatic N) is 5. The minimum Gasteiger partial charge on any atom is -0.394 e. The first-order valence-corrected chi connectivity index (χ1v) is 13.9. The zero-order valence-electron chi connectivity index (χ0n) is 19.0. The second kappa shape index (κ2) is 7.58. The van der Waals surface area contributed by atoms with Crippen LogP contribution in [0.15, 0.2) is 17.3 Å². The van der Waals surface area contributed by atoms with Gasteiger partial charge in [-0.2, -0.15) is 4.98 Å². The summed E-state index contributed by atoms with van der Waals surface area (Å²) >= 11 is 5.96. The molecule has 3 saturated carbocycles. The molecule has 2 unspecified atom stereocenters. The summed E-state index contributed by atoms with van der Waals surface area (Å²) in [7, 11) is -1.08. The van der Waals surface area contributed by atoms with Crippen LogP contribution in [-0.2, 0) is 17.2 Å². The lowest BCUT2D eigenvalue weighted by Crippen LogP contribution is -2.48. The van der Waals surface area contributed by atoms with Gasteiger partial charge < -0.3 is 15.3 Å². The van der Waals surface area contributed by atoms with E-state index < -0.39 is 10.8 Å². The smallest absolute Gasteiger partial charge is 0.227 e. The lowest BCUT2D eigenvalue weighted by Gasteiger charge is -2.41. The summed E-state index contributed by atoms with van der Waals surface area (Å²) in [6.07, 6.45) is 11.2. The predicted octanol–water partition coefficient (Wildman–Crippen LogP) is 3.07. The van der Waals surface area contributed by atoms with E-state index in [9.17, 15) is 9.32 Å². The van der Waals surface area contributed by atoms with Crippen LogP contribution in [0.5, 0.6) is 0 Å². The summed E-state index contributed by atoms with van der Waals surface area (Å²) in [5.74, 6) is 3.86. The fourth-order valence-corrected chi connectivity index (χ4v) is 8.37. The number of fused-ring (bicyclic) bond motifs is 2. The van der Waals surface area contributed by atoms with Gasteiger partial charge in [-0.05, 0) is 56.8 Å². The molecule has 2 aliphatic heterocycles. The zero-order chi connectivity index (χ0) is 23.1. The van der Waals surface area contributed by atoms with Gasteiger partial charge in [-0.3, -0.25) is 4.21 Å². The number of aliphatic hydroxyl groups is 1. The maximum atomic E-state index is 13.4. The van der Waals surface area contributed by atoms with Crippen LogP contribution in [0.25, 0.3) is 0 Å². The maximum Gasteiger partial charge on any atom is 0.227 e. The molecule has 2 N–H and O–H groups in total. The Morgan fingerprint density at radius 1 is 1.12 bits per heavy atom. The SMILES string of the molecule is O=[S@]1c2c(nc(N3CC4CC(c5ncc(Cl)cn5)CC4C3)nc2NC2(CO)CCC2)CC12CC2. The van der Waals surface area contributed by atoms with Crippen LogP contribution in [0.2, 0.25) is 5.02 Å². The van der Waals surface area contributed by atoms with E-state index >= 15 is 0 Å². The molecular formula is C24H29ClN6O2S. The molecule has 4 fully saturated rings. The summed E-state index contributed by atoms with van der Waals surface area (Å²) in [5.41, 5.74) is 0.608. The third-order valence-electron chi connectivity index (χ3n) is 8.84. The van der Waals surface area contributed by atoms with Crippen molar-refractivity contribution >= 4 is 34.2 Å². The number of aromatic nitrogens is 4. The highest BCUT2D eigenvalue weighted by Crippen LogP contribution is 2.54. The van der Waals surface area contributed by atoms with E-state index in [0.29, 0.717) is 28.6 Å². The van der Waals surface area contributed by atoms with Crippen molar-refractivity contribution in [2.45, 2.75) is 72.5 Å². The molecule has 8 nitrogen and oxygen atoms in total. The molecule has 2 aromatic rings. The molecule has 180 valence electrons. The molecule has 34 heavy (non-hydrogen) atoms. The largest absolute Gasteiger partial charge is 0.394 e. The highest BCUT2D eigenvalue weighted by Gasteiger charge is 2.56. The van der Waals surface area contributed by atoms with Crippen LogP contribution in [0.3, 0.4) is 0 Å². The summed E-state index contributed by atoms with van der Waals surface area (Å²) in [6, 6.07) is 0. The van der Waals surface area contributed by atoms with Crippen molar-refractivity contribution in [3.05, 3.63) is 28.9 Å². The van der Waals surface area contributed by atoms with Crippen molar-refractivity contribution < 1.29 is 9.32 Å². The third-order valence-corrected chi connectivity index (χ3v) is 11.2. The van der Waals surface area contributed by atoms with Crippen LogP contribution in [0, 0.1) is 11.8 Å². The van der Waals surface area contributed by atoms with Crippen molar-refractivity contribution in [3.8, 4) is 0 Å². The Kier molecular flexibility index (Phi) is 4.78. The molecule has 3 aliphatic carbocycles. The van der Waals surface area contributed by atoms with Crippen LogP contribution >= 0.6 is 11.6 Å². The summed E-state index contributed by atoms with van der Waals surface area (Å²) in [4.78, 5) is 22.0. The Bertz CT molecular complexity index is 1150. The lowest BCUT2D eigenvalue weighted by molar-refractivity contribution is 0.143. The van der Waals surface area contributed by atoms with Gasteiger partial charge in [-0.25, -0.2) is 15.0 Å². The fraction of sp³-hybridized carbons (Fsp3) is 0.667. The van der Waals surface area contributed by atoms with Crippen molar-refractivity contribution in [1.82, 2.24) is 19.9 Å². The molecular weight excluding hydrogens is 472 g/mol. The number of hydrogen-bond acceptors (Lipinski definition) is 8. The summed E-state index contributed by atoms with van der Waals surface area (Å²) in [5, 5.41) is 14.2. The van der Waals surface area contributed by atoms with Crippen molar-refractivity contribution in [3.63, 3.8) is 0 Å². The molecule has 5 aliphatic rings. The van der Waals surface area contributed by atoms with E-state index in [1.54, 1.807) is 12.4 Å². The normalized spacial score (nSPS) is 31.9. The molecule has 2 aromatic heterocycles. The van der Waals surface area contributed by atoms with Gasteiger partial charge in [-0.15, -0.1) is 0 Å². The maximum absolute atomic E-state index is 13.4. The van der Waals surface area contributed by atoms with E-state index in [4.69, 9.17) is 21.6 Å². The van der Waals surface area contributed by atoms with Gasteiger partial charge in [0.2, 0.25) is 5.95 Å². The topological polar surface area (TPSA) is 104 Å². The minimum absolute atomic E-state index is 0.0703. The third kappa shape index (κ3) is 3.30. The van der Waals surface area contributed by atoms with Gasteiger partial charge >= 0.3 is 0 Å². The molecule has 3 atom stereocenters. The van der Waals surface area contributed by atoms with Crippen LogP contribution in [-0.4, -0.2) is 59.2 Å². The number of nitrogens with one attached hydrogen (secondary N) is 1. The Balaban J connectivity index is 1.15. The first-order chi connectivity index (χ1) is 16.5. The Morgan fingerprint density at radius 3 is 2.41 bits per heavy atom. The van der Waals surface area contributed by atoms with Gasteiger partial charge in [0.15, 0.2) is 0 Å². The number of aliphatic hydroxyl groups excluding tert-OH is 1. The molecule has 4 heterocycles. The van der Waals surface area contributed by atoms with Gasteiger partial charge in [0, 0.05) is 37.8 Å². The van der Waals surface area contributed by atoms with E-state index in [1.165, 1.54) is 0 Å². The first-order valence-electron chi connectivity index (χ1n) is 12.4. The molecule has 10 heteroatoms. The summed E-state index contributed by atoms with van der Waals surface area (Å²) < 4.78 is 13.2. The number of rotatable bonds is 5. The number of anilines is 2. The van der Waals surface area contributed by atoms with Gasteiger partial charge in [0.05, 0.1) is 38.4 Å². The Hall–Kier alpha value is -1.84. The average Bonchev–Trinajstić information content (AvgIpc) is 3.17. The van der Waals surface area contributed by atoms with Crippen LogP contribution in [0.4, 0.5) is 11.8 Å². The molecule has 1 spiro atoms. The minimum atomic E-state index is -1.08. The fourth-order valence-electron chi connectivity index (χ4n) is 6.50. The number of hydrogen-bond donors (Lipinski definition) is 2. The van der Waals surface area contributed by atoms with E-state index in [-0.39, 0.29) is 16.9 Å². The Labute approximate surface area is 206 Å².